The van der Waals surface area contributed by atoms with Crippen molar-refractivity contribution in [1.82, 2.24) is 4.90 Å². The van der Waals surface area contributed by atoms with Gasteiger partial charge in [0.05, 0.1) is 25.9 Å². The molecule has 0 saturated carbocycles. The van der Waals surface area contributed by atoms with Crippen molar-refractivity contribution in [2.45, 2.75) is 32.2 Å². The number of carbonyl (C=O) groups is 1. The molecule has 0 N–H and O–H groups in total. The summed E-state index contributed by atoms with van der Waals surface area (Å²) in [4.78, 5) is 13.9. The van der Waals surface area contributed by atoms with Gasteiger partial charge in [0.1, 0.15) is 0 Å². The summed E-state index contributed by atoms with van der Waals surface area (Å²) in [6, 6.07) is 21.0. The first-order valence-electron chi connectivity index (χ1n) is 9.04. The first-order valence-corrected chi connectivity index (χ1v) is 9.04. The van der Waals surface area contributed by atoms with Gasteiger partial charge < -0.3 is 9.47 Å². The highest BCUT2D eigenvalue weighted by Gasteiger charge is 2.45. The van der Waals surface area contributed by atoms with Crippen LogP contribution in [0.4, 0.5) is 0 Å². The third kappa shape index (κ3) is 5.28. The van der Waals surface area contributed by atoms with Gasteiger partial charge in [-0.25, -0.2) is 4.79 Å². The lowest BCUT2D eigenvalue weighted by Gasteiger charge is -2.05. The molecule has 0 aliphatic carbocycles. The molecule has 1 aliphatic heterocycles. The molecule has 1 fully saturated rings. The van der Waals surface area contributed by atoms with Crippen molar-refractivity contribution in [3.63, 3.8) is 0 Å². The fraction of sp³-hybridized carbons (Fsp3) is 0.318. The van der Waals surface area contributed by atoms with Gasteiger partial charge in [-0.05, 0) is 18.1 Å². The minimum Gasteiger partial charge on any atom is -0.463 e. The van der Waals surface area contributed by atoms with Gasteiger partial charge in [0.15, 0.2) is 0 Å². The first-order chi connectivity index (χ1) is 12.8. The summed E-state index contributed by atoms with van der Waals surface area (Å²) in [7, 11) is 0. The second kappa shape index (κ2) is 9.32. The number of rotatable bonds is 9. The first kappa shape index (κ1) is 18.4. The van der Waals surface area contributed by atoms with Gasteiger partial charge in [-0.15, -0.1) is 0 Å². The highest BCUT2D eigenvalue weighted by molar-refractivity contribution is 5.82. The van der Waals surface area contributed by atoms with Crippen LogP contribution in [0.15, 0.2) is 72.8 Å². The molecule has 0 aromatic heterocycles. The van der Waals surface area contributed by atoms with Crippen LogP contribution in [0.1, 0.15) is 18.1 Å². The molecule has 3 atom stereocenters. The van der Waals surface area contributed by atoms with Crippen LogP contribution in [0.25, 0.3) is 0 Å². The minimum absolute atomic E-state index is 0.204. The molecule has 0 radical (unpaired) electrons. The van der Waals surface area contributed by atoms with Crippen LogP contribution < -0.4 is 0 Å². The van der Waals surface area contributed by atoms with Crippen molar-refractivity contribution in [2.75, 3.05) is 13.2 Å². The lowest BCUT2D eigenvalue weighted by atomic mass is 10.2. The fourth-order valence-electron chi connectivity index (χ4n) is 3.04. The van der Waals surface area contributed by atoms with Crippen LogP contribution in [0.3, 0.4) is 0 Å². The normalized spacial score (nSPS) is 21.7. The number of hydrogen-bond acceptors (Lipinski definition) is 4. The Morgan fingerprint density at radius 3 is 2.35 bits per heavy atom. The molecule has 26 heavy (non-hydrogen) atoms. The number of ether oxygens (including phenoxy) is 2. The zero-order chi connectivity index (χ0) is 18.2. The summed E-state index contributed by atoms with van der Waals surface area (Å²) >= 11 is 0. The van der Waals surface area contributed by atoms with Crippen molar-refractivity contribution >= 4 is 5.97 Å². The molecule has 4 heteroatoms. The van der Waals surface area contributed by atoms with Gasteiger partial charge in [-0.1, -0.05) is 66.7 Å². The summed E-state index contributed by atoms with van der Waals surface area (Å²) in [5, 5.41) is 0. The predicted octanol–water partition coefficient (Wildman–Crippen LogP) is 3.58. The molecule has 1 saturated heterocycles. The van der Waals surface area contributed by atoms with E-state index in [4.69, 9.17) is 9.47 Å². The van der Waals surface area contributed by atoms with Crippen LogP contribution in [-0.4, -0.2) is 36.2 Å². The number of hydrogen-bond donors (Lipinski definition) is 0. The summed E-state index contributed by atoms with van der Waals surface area (Å²) in [6.07, 6.45) is 3.46. The average molecular weight is 351 g/mol. The Hall–Kier alpha value is -2.43. The molecule has 1 aliphatic rings. The van der Waals surface area contributed by atoms with E-state index in [9.17, 15) is 4.79 Å². The van der Waals surface area contributed by atoms with Gasteiger partial charge in [0, 0.05) is 18.7 Å². The van der Waals surface area contributed by atoms with E-state index in [1.54, 1.807) is 0 Å². The van der Waals surface area contributed by atoms with Gasteiger partial charge >= 0.3 is 5.97 Å². The van der Waals surface area contributed by atoms with Crippen molar-refractivity contribution < 1.29 is 14.3 Å². The molecule has 3 rings (SSSR count). The minimum atomic E-state index is -0.289. The standard InChI is InChI=1S/C22H25NO3/c1-2-26-22(24)14-13-20-21(17-25-16-19-11-7-4-8-12-19)23(20)15-18-9-5-3-6-10-18/h3-14,20-21H,2,15-17H2,1H3/b14-13+/t20-,21+,23?/m0/s1. The lowest BCUT2D eigenvalue weighted by molar-refractivity contribution is -0.137. The maximum Gasteiger partial charge on any atom is 0.330 e. The van der Waals surface area contributed by atoms with E-state index in [0.29, 0.717) is 19.8 Å². The molecule has 4 nitrogen and oxygen atoms in total. The van der Waals surface area contributed by atoms with Gasteiger partial charge in [0.25, 0.3) is 0 Å². The molecular weight excluding hydrogens is 326 g/mol. The van der Waals surface area contributed by atoms with Crippen molar-refractivity contribution in [3.8, 4) is 0 Å². The van der Waals surface area contributed by atoms with Gasteiger partial charge in [0.2, 0.25) is 0 Å². The molecule has 0 bridgehead atoms. The lowest BCUT2D eigenvalue weighted by Crippen LogP contribution is -2.08. The molecule has 0 amide bonds. The largest absolute Gasteiger partial charge is 0.463 e. The maximum absolute atomic E-state index is 11.6. The monoisotopic (exact) mass is 351 g/mol. The SMILES string of the molecule is CCOC(=O)/C=C/[C@H]1[C@@H](COCc2ccccc2)N1Cc1ccccc1. The van der Waals surface area contributed by atoms with Crippen LogP contribution >= 0.6 is 0 Å². The van der Waals surface area contributed by atoms with Crippen LogP contribution in [0, 0.1) is 0 Å². The van der Waals surface area contributed by atoms with E-state index in [1.165, 1.54) is 17.2 Å². The van der Waals surface area contributed by atoms with E-state index < -0.39 is 0 Å². The number of nitrogens with zero attached hydrogens (tertiary/aromatic N) is 1. The van der Waals surface area contributed by atoms with Crippen LogP contribution in [0.5, 0.6) is 0 Å². The molecule has 2 aromatic rings. The van der Waals surface area contributed by atoms with Crippen molar-refractivity contribution in [3.05, 3.63) is 83.9 Å². The third-order valence-corrected chi connectivity index (χ3v) is 4.44. The number of benzene rings is 2. The van der Waals surface area contributed by atoms with E-state index in [-0.39, 0.29) is 18.1 Å². The van der Waals surface area contributed by atoms with Gasteiger partial charge in [-0.3, -0.25) is 4.90 Å². The van der Waals surface area contributed by atoms with E-state index in [2.05, 4.69) is 29.2 Å². The Morgan fingerprint density at radius 2 is 1.69 bits per heavy atom. The Balaban J connectivity index is 1.55. The Morgan fingerprint density at radius 1 is 1.04 bits per heavy atom. The van der Waals surface area contributed by atoms with E-state index >= 15 is 0 Å². The Kier molecular flexibility index (Phi) is 6.58. The fourth-order valence-corrected chi connectivity index (χ4v) is 3.04. The summed E-state index contributed by atoms with van der Waals surface area (Å²) in [5.41, 5.74) is 2.42. The van der Waals surface area contributed by atoms with Crippen molar-refractivity contribution in [2.24, 2.45) is 0 Å². The number of esters is 1. The Bertz CT molecular complexity index is 715. The van der Waals surface area contributed by atoms with Gasteiger partial charge in [-0.2, -0.15) is 0 Å². The molecule has 1 unspecified atom stereocenters. The van der Waals surface area contributed by atoms with Crippen molar-refractivity contribution in [1.29, 1.82) is 0 Å². The summed E-state index contributed by atoms with van der Waals surface area (Å²) in [5.74, 6) is -0.289. The average Bonchev–Trinajstić information content (AvgIpc) is 3.32. The topological polar surface area (TPSA) is 38.5 Å². The summed E-state index contributed by atoms with van der Waals surface area (Å²) < 4.78 is 10.9. The third-order valence-electron chi connectivity index (χ3n) is 4.44. The predicted molar refractivity (Wildman–Crippen MR) is 101 cm³/mol. The smallest absolute Gasteiger partial charge is 0.330 e. The van der Waals surface area contributed by atoms with E-state index in [0.717, 1.165) is 6.54 Å². The molecule has 0 spiro atoms. The zero-order valence-electron chi connectivity index (χ0n) is 15.1. The second-order valence-electron chi connectivity index (χ2n) is 6.33. The zero-order valence-corrected chi connectivity index (χ0v) is 15.1. The van der Waals surface area contributed by atoms with Crippen LogP contribution in [0.2, 0.25) is 0 Å². The van der Waals surface area contributed by atoms with E-state index in [1.807, 2.05) is 49.4 Å². The molecular formula is C22H25NO3. The highest BCUT2D eigenvalue weighted by atomic mass is 16.5. The Labute approximate surface area is 155 Å². The number of carbonyl (C=O) groups excluding carboxylic acids is 1. The highest BCUT2D eigenvalue weighted by Crippen LogP contribution is 2.32. The molecule has 136 valence electrons. The maximum atomic E-state index is 11.6. The van der Waals surface area contributed by atoms with Crippen LogP contribution in [-0.2, 0) is 27.4 Å². The quantitative estimate of drug-likeness (QED) is 0.393. The second-order valence-corrected chi connectivity index (χ2v) is 6.33. The molecule has 1 heterocycles. The summed E-state index contributed by atoms with van der Waals surface area (Å²) in [6.45, 7) is 4.29. The molecule has 2 aromatic carbocycles.